The van der Waals surface area contributed by atoms with Crippen LogP contribution >= 0.6 is 0 Å². The molecule has 106 valence electrons. The van der Waals surface area contributed by atoms with Crippen LogP contribution in [0.1, 0.15) is 22.3 Å². The minimum Gasteiger partial charge on any atom is -0.507 e. The molecule has 0 aliphatic carbocycles. The van der Waals surface area contributed by atoms with E-state index in [1.165, 1.54) is 0 Å². The highest BCUT2D eigenvalue weighted by molar-refractivity contribution is 5.96. The molecule has 3 N–H and O–H groups in total. The second-order valence-corrected chi connectivity index (χ2v) is 4.45. The lowest BCUT2D eigenvalue weighted by molar-refractivity contribution is 0.0691. The van der Waals surface area contributed by atoms with Crippen molar-refractivity contribution in [3.8, 4) is 5.75 Å². The van der Waals surface area contributed by atoms with Gasteiger partial charge in [0.1, 0.15) is 5.75 Å². The molecule has 0 fully saturated rings. The van der Waals surface area contributed by atoms with Crippen LogP contribution < -0.4 is 5.73 Å². The van der Waals surface area contributed by atoms with Crippen LogP contribution in [0.15, 0.2) is 18.2 Å². The number of amides is 1. The maximum atomic E-state index is 12.4. The lowest BCUT2D eigenvalue weighted by atomic mass is 10.1. The molecule has 0 aliphatic rings. The van der Waals surface area contributed by atoms with Crippen molar-refractivity contribution in [2.24, 2.45) is 5.73 Å². The summed E-state index contributed by atoms with van der Waals surface area (Å²) in [7, 11) is 1.59. The summed E-state index contributed by atoms with van der Waals surface area (Å²) in [6.07, 6.45) is 0.724. The van der Waals surface area contributed by atoms with E-state index in [2.05, 4.69) is 0 Å². The highest BCUT2D eigenvalue weighted by Gasteiger charge is 2.18. The molecule has 0 radical (unpaired) electrons. The second kappa shape index (κ2) is 7.76. The van der Waals surface area contributed by atoms with Crippen molar-refractivity contribution >= 4 is 5.91 Å². The molecule has 1 aromatic rings. The highest BCUT2D eigenvalue weighted by Crippen LogP contribution is 2.20. The van der Waals surface area contributed by atoms with Gasteiger partial charge in [0.15, 0.2) is 0 Å². The van der Waals surface area contributed by atoms with E-state index in [1.54, 1.807) is 24.1 Å². The average Bonchev–Trinajstić information content (AvgIpc) is 2.38. The second-order valence-electron chi connectivity index (χ2n) is 4.45. The molecule has 0 saturated heterocycles. The molecule has 0 aliphatic heterocycles. The molecule has 0 unspecified atom stereocenters. The van der Waals surface area contributed by atoms with Crippen LogP contribution in [0.5, 0.6) is 5.75 Å². The van der Waals surface area contributed by atoms with Crippen LogP contribution in [0.4, 0.5) is 0 Å². The molecule has 1 rings (SSSR count). The molecule has 1 amide bonds. The molecule has 0 spiro atoms. The van der Waals surface area contributed by atoms with E-state index in [4.69, 9.17) is 10.5 Å². The van der Waals surface area contributed by atoms with Gasteiger partial charge >= 0.3 is 0 Å². The van der Waals surface area contributed by atoms with Gasteiger partial charge in [-0.1, -0.05) is 6.07 Å². The number of hydrogen-bond acceptors (Lipinski definition) is 4. The summed E-state index contributed by atoms with van der Waals surface area (Å²) in [4.78, 5) is 14.0. The number of nitrogens with zero attached hydrogens (tertiary/aromatic N) is 1. The van der Waals surface area contributed by atoms with E-state index in [-0.39, 0.29) is 11.7 Å². The Labute approximate surface area is 114 Å². The van der Waals surface area contributed by atoms with Crippen molar-refractivity contribution in [2.45, 2.75) is 13.3 Å². The lowest BCUT2D eigenvalue weighted by Gasteiger charge is -2.22. The quantitative estimate of drug-likeness (QED) is 0.776. The number of phenols is 1. The number of nitrogens with two attached hydrogens (primary N) is 1. The summed E-state index contributed by atoms with van der Waals surface area (Å²) in [5.74, 6) is -0.178. The van der Waals surface area contributed by atoms with Gasteiger partial charge in [0.2, 0.25) is 0 Å². The van der Waals surface area contributed by atoms with E-state index in [0.717, 1.165) is 12.0 Å². The van der Waals surface area contributed by atoms with Crippen LogP contribution in [-0.4, -0.2) is 49.3 Å². The average molecular weight is 266 g/mol. The number of phenolic OH excluding ortho intramolecular Hbond substituents is 1. The summed E-state index contributed by atoms with van der Waals surface area (Å²) in [6, 6.07) is 5.05. The smallest absolute Gasteiger partial charge is 0.257 e. The minimum atomic E-state index is -0.192. The molecule has 0 saturated carbocycles. The third-order valence-electron chi connectivity index (χ3n) is 2.87. The Morgan fingerprint density at radius 2 is 2.16 bits per heavy atom. The van der Waals surface area contributed by atoms with Gasteiger partial charge in [-0.05, 0) is 37.6 Å². The molecule has 19 heavy (non-hydrogen) atoms. The van der Waals surface area contributed by atoms with Crippen molar-refractivity contribution in [1.29, 1.82) is 0 Å². The Kier molecular flexibility index (Phi) is 6.32. The Balaban J connectivity index is 2.84. The van der Waals surface area contributed by atoms with Crippen molar-refractivity contribution < 1.29 is 14.6 Å². The summed E-state index contributed by atoms with van der Waals surface area (Å²) < 4.78 is 5.00. The summed E-state index contributed by atoms with van der Waals surface area (Å²) in [5, 5.41) is 9.86. The molecule has 0 aromatic heterocycles. The number of rotatable bonds is 7. The summed E-state index contributed by atoms with van der Waals surface area (Å²) >= 11 is 0. The fourth-order valence-corrected chi connectivity index (χ4v) is 1.79. The van der Waals surface area contributed by atoms with Gasteiger partial charge in [-0.25, -0.2) is 0 Å². The monoisotopic (exact) mass is 266 g/mol. The topological polar surface area (TPSA) is 75.8 Å². The van der Waals surface area contributed by atoms with Crippen molar-refractivity contribution in [2.75, 3.05) is 33.4 Å². The molecule has 1 aromatic carbocycles. The molecule has 0 heterocycles. The number of methoxy groups -OCH3 is 1. The van der Waals surface area contributed by atoms with Crippen LogP contribution in [-0.2, 0) is 4.74 Å². The summed E-state index contributed by atoms with van der Waals surface area (Å²) in [6.45, 7) is 3.90. The van der Waals surface area contributed by atoms with Gasteiger partial charge in [0.25, 0.3) is 5.91 Å². The largest absolute Gasteiger partial charge is 0.507 e. The minimum absolute atomic E-state index is 0.0140. The number of aryl methyl sites for hydroxylation is 1. The van der Waals surface area contributed by atoms with Gasteiger partial charge in [-0.15, -0.1) is 0 Å². The fraction of sp³-hybridized carbons (Fsp3) is 0.500. The fourth-order valence-electron chi connectivity index (χ4n) is 1.79. The number of hydrogen-bond donors (Lipinski definition) is 2. The van der Waals surface area contributed by atoms with E-state index in [1.807, 2.05) is 13.0 Å². The third-order valence-corrected chi connectivity index (χ3v) is 2.87. The van der Waals surface area contributed by atoms with E-state index < -0.39 is 0 Å². The first-order valence-corrected chi connectivity index (χ1v) is 6.38. The zero-order chi connectivity index (χ0) is 14.3. The first kappa shape index (κ1) is 15.5. The Bertz CT molecular complexity index is 413. The van der Waals surface area contributed by atoms with Gasteiger partial charge in [-0.3, -0.25) is 4.79 Å². The molecular formula is C14H22N2O3. The van der Waals surface area contributed by atoms with Gasteiger partial charge < -0.3 is 20.5 Å². The van der Waals surface area contributed by atoms with Crippen LogP contribution in [0.3, 0.4) is 0 Å². The number of ether oxygens (including phenoxy) is 1. The van der Waals surface area contributed by atoms with E-state index in [9.17, 15) is 9.90 Å². The van der Waals surface area contributed by atoms with Gasteiger partial charge in [0.05, 0.1) is 12.2 Å². The van der Waals surface area contributed by atoms with Crippen LogP contribution in [0, 0.1) is 6.92 Å². The van der Waals surface area contributed by atoms with Crippen molar-refractivity contribution in [3.05, 3.63) is 29.3 Å². The Morgan fingerprint density at radius 3 is 2.74 bits per heavy atom. The first-order valence-electron chi connectivity index (χ1n) is 6.38. The molecule has 0 atom stereocenters. The normalized spacial score (nSPS) is 10.5. The third kappa shape index (κ3) is 4.54. The van der Waals surface area contributed by atoms with Crippen LogP contribution in [0.25, 0.3) is 0 Å². The maximum absolute atomic E-state index is 12.4. The SMILES string of the molecule is COCCN(CCCN)C(=O)c1ccc(C)cc1O. The number of carbonyl (C=O) groups is 1. The van der Waals surface area contributed by atoms with E-state index >= 15 is 0 Å². The summed E-state index contributed by atoms with van der Waals surface area (Å²) in [5.41, 5.74) is 6.71. The standard InChI is InChI=1S/C14H22N2O3/c1-11-4-5-12(13(17)10-11)14(18)16(7-3-6-15)8-9-19-2/h4-5,10,17H,3,6-9,15H2,1-2H3. The molecular weight excluding hydrogens is 244 g/mol. The van der Waals surface area contributed by atoms with Gasteiger partial charge in [0, 0.05) is 20.2 Å². The van der Waals surface area contributed by atoms with Gasteiger partial charge in [-0.2, -0.15) is 0 Å². The van der Waals surface area contributed by atoms with Crippen molar-refractivity contribution in [3.63, 3.8) is 0 Å². The first-order chi connectivity index (χ1) is 9.10. The van der Waals surface area contributed by atoms with Crippen LogP contribution in [0.2, 0.25) is 0 Å². The Hall–Kier alpha value is -1.59. The molecule has 0 bridgehead atoms. The number of benzene rings is 1. The predicted octanol–water partition coefficient (Wildman–Crippen LogP) is 1.14. The number of aromatic hydroxyl groups is 1. The number of carbonyl (C=O) groups excluding carboxylic acids is 1. The lowest BCUT2D eigenvalue weighted by Crippen LogP contribution is -2.35. The zero-order valence-electron chi connectivity index (χ0n) is 11.6. The van der Waals surface area contributed by atoms with Crippen molar-refractivity contribution in [1.82, 2.24) is 4.90 Å². The highest BCUT2D eigenvalue weighted by atomic mass is 16.5. The predicted molar refractivity (Wildman–Crippen MR) is 74.3 cm³/mol. The molecule has 5 nitrogen and oxygen atoms in total. The van der Waals surface area contributed by atoms with E-state index in [0.29, 0.717) is 31.8 Å². The molecule has 5 heteroatoms. The Morgan fingerprint density at radius 1 is 1.42 bits per heavy atom. The zero-order valence-corrected chi connectivity index (χ0v) is 11.6. The maximum Gasteiger partial charge on any atom is 0.257 e.